The van der Waals surface area contributed by atoms with Gasteiger partial charge in [0.05, 0.1) is 4.88 Å². The fourth-order valence-corrected chi connectivity index (χ4v) is 3.96. The Morgan fingerprint density at radius 3 is 2.75 bits per heavy atom. The summed E-state index contributed by atoms with van der Waals surface area (Å²) in [5.74, 6) is 5.14. The van der Waals surface area contributed by atoms with Crippen molar-refractivity contribution in [2.75, 3.05) is 13.1 Å². The van der Waals surface area contributed by atoms with E-state index in [1.54, 1.807) is 0 Å². The molecule has 3 rings (SSSR count). The Morgan fingerprint density at radius 1 is 1.25 bits per heavy atom. The van der Waals surface area contributed by atoms with Crippen LogP contribution in [0.2, 0.25) is 0 Å². The molecule has 1 fully saturated rings. The molecule has 106 valence electrons. The van der Waals surface area contributed by atoms with Crippen LogP contribution in [0.1, 0.15) is 34.5 Å². The average molecular weight is 289 g/mol. The summed E-state index contributed by atoms with van der Waals surface area (Å²) in [6.07, 6.45) is 3.82. The van der Waals surface area contributed by atoms with Crippen LogP contribution in [-0.2, 0) is 6.54 Å². The van der Waals surface area contributed by atoms with E-state index in [2.05, 4.69) is 22.5 Å². The van der Waals surface area contributed by atoms with Gasteiger partial charge in [-0.3, -0.25) is 15.1 Å². The van der Waals surface area contributed by atoms with Crippen molar-refractivity contribution in [3.05, 3.63) is 34.7 Å². The highest BCUT2D eigenvalue weighted by atomic mass is 32.1. The summed E-state index contributed by atoms with van der Waals surface area (Å²) >= 11 is 1.53. The minimum atomic E-state index is -0.182. The average Bonchev–Trinajstić information content (AvgIpc) is 2.86. The molecule has 3 N–H and O–H groups in total. The minimum Gasteiger partial charge on any atom is -0.299 e. The first-order valence-corrected chi connectivity index (χ1v) is 7.85. The summed E-state index contributed by atoms with van der Waals surface area (Å²) in [6.45, 7) is 3.08. The topological polar surface area (TPSA) is 58.4 Å². The van der Waals surface area contributed by atoms with Gasteiger partial charge in [0.2, 0.25) is 0 Å². The van der Waals surface area contributed by atoms with Gasteiger partial charge >= 0.3 is 0 Å². The number of benzene rings is 1. The van der Waals surface area contributed by atoms with Gasteiger partial charge in [-0.2, -0.15) is 0 Å². The lowest BCUT2D eigenvalue weighted by molar-refractivity contribution is 0.0955. The quantitative estimate of drug-likeness (QED) is 0.518. The van der Waals surface area contributed by atoms with E-state index in [9.17, 15) is 4.79 Å². The third-order valence-electron chi connectivity index (χ3n) is 3.87. The first kappa shape index (κ1) is 13.5. The van der Waals surface area contributed by atoms with Crippen LogP contribution in [0.3, 0.4) is 0 Å². The second kappa shape index (κ2) is 5.91. The molecule has 2 aromatic rings. The molecule has 1 aliphatic heterocycles. The highest BCUT2D eigenvalue weighted by molar-refractivity contribution is 7.21. The molecule has 1 aliphatic rings. The van der Waals surface area contributed by atoms with Crippen LogP contribution in [0.25, 0.3) is 10.1 Å². The van der Waals surface area contributed by atoms with E-state index in [0.29, 0.717) is 0 Å². The predicted octanol–water partition coefficient (Wildman–Crippen LogP) is 2.49. The van der Waals surface area contributed by atoms with Gasteiger partial charge in [0.15, 0.2) is 0 Å². The van der Waals surface area contributed by atoms with Crippen LogP contribution in [0.4, 0.5) is 0 Å². The Balaban J connectivity index is 1.99. The SMILES string of the molecule is NNC(=O)c1sc2ccccc2c1CN1CCCCC1. The molecule has 1 aromatic carbocycles. The lowest BCUT2D eigenvalue weighted by atomic mass is 10.1. The molecule has 1 amide bonds. The predicted molar refractivity (Wildman–Crippen MR) is 82.6 cm³/mol. The van der Waals surface area contributed by atoms with Crippen molar-refractivity contribution in [3.63, 3.8) is 0 Å². The molecule has 0 atom stereocenters. The number of nitrogen functional groups attached to an aromatic ring is 1. The molecule has 0 aliphatic carbocycles. The van der Waals surface area contributed by atoms with Crippen LogP contribution < -0.4 is 11.3 Å². The second-order valence-electron chi connectivity index (χ2n) is 5.22. The van der Waals surface area contributed by atoms with E-state index in [-0.39, 0.29) is 5.91 Å². The summed E-state index contributed by atoms with van der Waals surface area (Å²) in [4.78, 5) is 15.2. The summed E-state index contributed by atoms with van der Waals surface area (Å²) in [5, 5.41) is 1.18. The van der Waals surface area contributed by atoms with Crippen molar-refractivity contribution >= 4 is 27.3 Å². The van der Waals surface area contributed by atoms with Crippen molar-refractivity contribution < 1.29 is 4.79 Å². The zero-order valence-corrected chi connectivity index (χ0v) is 12.2. The van der Waals surface area contributed by atoms with E-state index in [4.69, 9.17) is 5.84 Å². The number of piperidine rings is 1. The molecular weight excluding hydrogens is 270 g/mol. The van der Waals surface area contributed by atoms with Crippen LogP contribution in [0.5, 0.6) is 0 Å². The second-order valence-corrected chi connectivity index (χ2v) is 6.27. The van der Waals surface area contributed by atoms with Gasteiger partial charge < -0.3 is 0 Å². The molecule has 0 spiro atoms. The van der Waals surface area contributed by atoms with Crippen LogP contribution >= 0.6 is 11.3 Å². The number of thiophene rings is 1. The Morgan fingerprint density at radius 2 is 2.00 bits per heavy atom. The molecule has 0 saturated carbocycles. The van der Waals surface area contributed by atoms with E-state index < -0.39 is 0 Å². The summed E-state index contributed by atoms with van der Waals surface area (Å²) in [6, 6.07) is 8.19. The van der Waals surface area contributed by atoms with Gasteiger partial charge in [-0.15, -0.1) is 11.3 Å². The van der Waals surface area contributed by atoms with E-state index in [1.807, 2.05) is 12.1 Å². The summed E-state index contributed by atoms with van der Waals surface area (Å²) in [5.41, 5.74) is 3.39. The molecule has 0 unspecified atom stereocenters. The molecular formula is C15H19N3OS. The van der Waals surface area contributed by atoms with E-state index in [0.717, 1.165) is 34.8 Å². The van der Waals surface area contributed by atoms with Gasteiger partial charge in [-0.05, 0) is 42.9 Å². The minimum absolute atomic E-state index is 0.182. The number of nitrogens with two attached hydrogens (primary N) is 1. The van der Waals surface area contributed by atoms with Crippen LogP contribution in [0.15, 0.2) is 24.3 Å². The number of hydrogen-bond donors (Lipinski definition) is 2. The Hall–Kier alpha value is -1.43. The number of carbonyl (C=O) groups is 1. The largest absolute Gasteiger partial charge is 0.299 e. The number of likely N-dealkylation sites (tertiary alicyclic amines) is 1. The normalized spacial score (nSPS) is 16.4. The van der Waals surface area contributed by atoms with E-state index in [1.165, 1.54) is 36.0 Å². The number of nitrogens with zero attached hydrogens (tertiary/aromatic N) is 1. The van der Waals surface area contributed by atoms with Gasteiger partial charge in [-0.1, -0.05) is 24.6 Å². The lowest BCUT2D eigenvalue weighted by Crippen LogP contribution is -2.32. The number of rotatable bonds is 3. The Labute approximate surface area is 122 Å². The highest BCUT2D eigenvalue weighted by Crippen LogP contribution is 2.32. The van der Waals surface area contributed by atoms with Gasteiger partial charge in [0, 0.05) is 11.2 Å². The van der Waals surface area contributed by atoms with E-state index >= 15 is 0 Å². The number of carbonyl (C=O) groups excluding carboxylic acids is 1. The van der Waals surface area contributed by atoms with Crippen molar-refractivity contribution in [1.82, 2.24) is 10.3 Å². The molecule has 20 heavy (non-hydrogen) atoms. The van der Waals surface area contributed by atoms with Crippen molar-refractivity contribution in [2.24, 2.45) is 5.84 Å². The molecule has 0 radical (unpaired) electrons. The Bertz CT molecular complexity index is 617. The molecule has 5 heteroatoms. The van der Waals surface area contributed by atoms with Crippen molar-refractivity contribution in [3.8, 4) is 0 Å². The van der Waals surface area contributed by atoms with Crippen LogP contribution in [0, 0.1) is 0 Å². The van der Waals surface area contributed by atoms with Gasteiger partial charge in [0.1, 0.15) is 0 Å². The maximum atomic E-state index is 12.0. The number of hydrogen-bond acceptors (Lipinski definition) is 4. The standard InChI is InChI=1S/C15H19N3OS/c16-17-15(19)14-12(10-18-8-4-1-5-9-18)11-6-2-3-7-13(11)20-14/h2-3,6-7H,1,4-5,8-10,16H2,(H,17,19). The zero-order valence-electron chi connectivity index (χ0n) is 11.4. The first-order chi connectivity index (χ1) is 9.79. The highest BCUT2D eigenvalue weighted by Gasteiger charge is 2.20. The van der Waals surface area contributed by atoms with Crippen molar-refractivity contribution in [2.45, 2.75) is 25.8 Å². The lowest BCUT2D eigenvalue weighted by Gasteiger charge is -2.26. The van der Waals surface area contributed by atoms with Gasteiger partial charge in [0.25, 0.3) is 5.91 Å². The smallest absolute Gasteiger partial charge is 0.275 e. The number of fused-ring (bicyclic) bond motifs is 1. The third kappa shape index (κ3) is 2.57. The summed E-state index contributed by atoms with van der Waals surface area (Å²) in [7, 11) is 0. The summed E-state index contributed by atoms with van der Waals surface area (Å²) < 4.78 is 1.15. The molecule has 1 saturated heterocycles. The third-order valence-corrected chi connectivity index (χ3v) is 5.08. The monoisotopic (exact) mass is 289 g/mol. The molecule has 4 nitrogen and oxygen atoms in total. The molecule has 1 aromatic heterocycles. The van der Waals surface area contributed by atoms with Crippen LogP contribution in [-0.4, -0.2) is 23.9 Å². The maximum Gasteiger partial charge on any atom is 0.275 e. The number of nitrogens with one attached hydrogen (secondary N) is 1. The van der Waals surface area contributed by atoms with Crippen molar-refractivity contribution in [1.29, 1.82) is 0 Å². The zero-order chi connectivity index (χ0) is 13.9. The first-order valence-electron chi connectivity index (χ1n) is 7.03. The number of amides is 1. The molecule has 2 heterocycles. The fourth-order valence-electron chi connectivity index (χ4n) is 2.85. The van der Waals surface area contributed by atoms with Gasteiger partial charge in [-0.25, -0.2) is 5.84 Å². The number of hydrazine groups is 1. The molecule has 0 bridgehead atoms. The Kier molecular flexibility index (Phi) is 4.00. The maximum absolute atomic E-state index is 12.0. The fraction of sp³-hybridized carbons (Fsp3) is 0.400.